The Bertz CT molecular complexity index is 312. The zero-order valence-electron chi connectivity index (χ0n) is 7.46. The van der Waals surface area contributed by atoms with Crippen molar-refractivity contribution in [3.05, 3.63) is 35.9 Å². The molecule has 0 aliphatic heterocycles. The average Bonchev–Trinajstić information content (AvgIpc) is 2.11. The number of nitrogens with two attached hydrogens (primary N) is 1. The number of hydrogen-bond acceptors (Lipinski definition) is 2. The Kier molecular flexibility index (Phi) is 3.70. The van der Waals surface area contributed by atoms with Gasteiger partial charge >= 0.3 is 0 Å². The molecular formula is C10H12ClNS. The first-order chi connectivity index (χ1) is 6.13. The zero-order chi connectivity index (χ0) is 9.84. The number of hydrogen-bond donors (Lipinski definition) is 1. The molecule has 0 saturated heterocycles. The van der Waals surface area contributed by atoms with E-state index in [0.717, 1.165) is 4.90 Å². The van der Waals surface area contributed by atoms with Gasteiger partial charge < -0.3 is 5.73 Å². The van der Waals surface area contributed by atoms with Gasteiger partial charge in [0.1, 0.15) is 0 Å². The molecule has 2 N–H and O–H groups in total. The number of thioether (sulfide) groups is 1. The van der Waals surface area contributed by atoms with E-state index in [-0.39, 0.29) is 0 Å². The number of halogens is 1. The molecule has 0 aromatic heterocycles. The number of rotatable bonds is 3. The highest BCUT2D eigenvalue weighted by Gasteiger charge is 2.02. The van der Waals surface area contributed by atoms with Crippen LogP contribution in [0.25, 0.3) is 0 Å². The van der Waals surface area contributed by atoms with E-state index >= 15 is 0 Å². The summed E-state index contributed by atoms with van der Waals surface area (Å²) in [5.41, 5.74) is 6.21. The lowest BCUT2D eigenvalue weighted by Crippen LogP contribution is -1.90. The van der Waals surface area contributed by atoms with Crippen LogP contribution in [0.4, 0.5) is 5.69 Å². The van der Waals surface area contributed by atoms with E-state index in [2.05, 4.69) is 13.5 Å². The topological polar surface area (TPSA) is 26.0 Å². The summed E-state index contributed by atoms with van der Waals surface area (Å²) in [5.74, 6) is 0. The maximum absolute atomic E-state index is 5.88. The van der Waals surface area contributed by atoms with E-state index in [0.29, 0.717) is 16.0 Å². The predicted molar refractivity (Wildman–Crippen MR) is 61.4 cm³/mol. The molecule has 3 heteroatoms. The van der Waals surface area contributed by atoms with Crippen LogP contribution in [0, 0.1) is 0 Å². The molecule has 0 heterocycles. The minimum Gasteiger partial charge on any atom is -0.398 e. The van der Waals surface area contributed by atoms with Crippen molar-refractivity contribution in [2.24, 2.45) is 0 Å². The number of nitrogen functional groups attached to an aromatic ring is 1. The second-order valence-corrected chi connectivity index (χ2v) is 4.60. The standard InChI is InChI=1S/C10H12ClNS/c1-3-7(2)13-8-4-5-10(12)9(11)6-8/h3-7H,1,12H2,2H3. The van der Waals surface area contributed by atoms with E-state index in [9.17, 15) is 0 Å². The molecule has 0 aliphatic rings. The quantitative estimate of drug-likeness (QED) is 0.472. The molecule has 1 nitrogen and oxygen atoms in total. The van der Waals surface area contributed by atoms with Crippen molar-refractivity contribution in [3.8, 4) is 0 Å². The molecule has 1 aromatic carbocycles. The molecular weight excluding hydrogens is 202 g/mol. The highest BCUT2D eigenvalue weighted by atomic mass is 35.5. The van der Waals surface area contributed by atoms with Crippen molar-refractivity contribution in [2.75, 3.05) is 5.73 Å². The third kappa shape index (κ3) is 2.98. The fraction of sp³-hybridized carbons (Fsp3) is 0.200. The van der Waals surface area contributed by atoms with Gasteiger partial charge in [-0.3, -0.25) is 0 Å². The van der Waals surface area contributed by atoms with Crippen LogP contribution in [-0.4, -0.2) is 5.25 Å². The second-order valence-electron chi connectivity index (χ2n) is 2.74. The van der Waals surface area contributed by atoms with E-state index in [4.69, 9.17) is 17.3 Å². The van der Waals surface area contributed by atoms with E-state index in [1.807, 2.05) is 24.3 Å². The molecule has 1 rings (SSSR count). The Hall–Kier alpha value is -0.600. The monoisotopic (exact) mass is 213 g/mol. The third-order valence-electron chi connectivity index (χ3n) is 1.63. The first-order valence-electron chi connectivity index (χ1n) is 3.97. The summed E-state index contributed by atoms with van der Waals surface area (Å²) in [4.78, 5) is 1.12. The summed E-state index contributed by atoms with van der Waals surface area (Å²) in [6.07, 6.45) is 1.90. The van der Waals surface area contributed by atoms with Crippen molar-refractivity contribution >= 4 is 29.1 Å². The van der Waals surface area contributed by atoms with E-state index in [1.54, 1.807) is 11.8 Å². The highest BCUT2D eigenvalue weighted by molar-refractivity contribution is 8.00. The third-order valence-corrected chi connectivity index (χ3v) is 3.04. The first kappa shape index (κ1) is 10.5. The second kappa shape index (κ2) is 4.58. The molecule has 0 bridgehead atoms. The lowest BCUT2D eigenvalue weighted by Gasteiger charge is -2.06. The molecule has 70 valence electrons. The van der Waals surface area contributed by atoms with Gasteiger partial charge in [0, 0.05) is 10.1 Å². The predicted octanol–water partition coefficient (Wildman–Crippen LogP) is 3.59. The largest absolute Gasteiger partial charge is 0.398 e. The first-order valence-corrected chi connectivity index (χ1v) is 5.23. The summed E-state index contributed by atoms with van der Waals surface area (Å²) in [6, 6.07) is 5.66. The molecule has 0 spiro atoms. The number of benzene rings is 1. The van der Waals surface area contributed by atoms with Gasteiger partial charge in [0.15, 0.2) is 0 Å². The summed E-state index contributed by atoms with van der Waals surface area (Å²) in [6.45, 7) is 5.80. The summed E-state index contributed by atoms with van der Waals surface area (Å²) in [7, 11) is 0. The summed E-state index contributed by atoms with van der Waals surface area (Å²) >= 11 is 7.58. The molecule has 13 heavy (non-hydrogen) atoms. The van der Waals surface area contributed by atoms with Crippen LogP contribution in [0.1, 0.15) is 6.92 Å². The molecule has 1 atom stereocenters. The van der Waals surface area contributed by atoms with Crippen LogP contribution < -0.4 is 5.73 Å². The van der Waals surface area contributed by atoms with Gasteiger partial charge in [-0.1, -0.05) is 17.7 Å². The van der Waals surface area contributed by atoms with Gasteiger partial charge in [-0.2, -0.15) is 0 Å². The Morgan fingerprint density at radius 3 is 2.85 bits per heavy atom. The molecule has 1 unspecified atom stereocenters. The molecule has 0 radical (unpaired) electrons. The molecule has 1 aromatic rings. The Morgan fingerprint density at radius 2 is 2.31 bits per heavy atom. The molecule has 0 amide bonds. The minimum absolute atomic E-state index is 0.389. The number of anilines is 1. The van der Waals surface area contributed by atoms with E-state index < -0.39 is 0 Å². The minimum atomic E-state index is 0.389. The normalized spacial score (nSPS) is 12.5. The summed E-state index contributed by atoms with van der Waals surface area (Å²) < 4.78 is 0. The van der Waals surface area contributed by atoms with E-state index in [1.165, 1.54) is 0 Å². The average molecular weight is 214 g/mol. The van der Waals surface area contributed by atoms with Crippen molar-refractivity contribution in [1.29, 1.82) is 0 Å². The van der Waals surface area contributed by atoms with Crippen molar-refractivity contribution in [3.63, 3.8) is 0 Å². The van der Waals surface area contributed by atoms with Crippen LogP contribution in [0.2, 0.25) is 5.02 Å². The molecule has 0 saturated carbocycles. The maximum atomic E-state index is 5.88. The summed E-state index contributed by atoms with van der Waals surface area (Å²) in [5, 5.41) is 1.00. The lowest BCUT2D eigenvalue weighted by molar-refractivity contribution is 1.24. The molecule has 0 aliphatic carbocycles. The van der Waals surface area contributed by atoms with Crippen LogP contribution in [0.3, 0.4) is 0 Å². The van der Waals surface area contributed by atoms with Gasteiger partial charge in [0.05, 0.1) is 10.7 Å². The van der Waals surface area contributed by atoms with Gasteiger partial charge in [-0.15, -0.1) is 18.3 Å². The van der Waals surface area contributed by atoms with Crippen LogP contribution in [-0.2, 0) is 0 Å². The zero-order valence-corrected chi connectivity index (χ0v) is 9.03. The van der Waals surface area contributed by atoms with Crippen molar-refractivity contribution in [1.82, 2.24) is 0 Å². The van der Waals surface area contributed by atoms with Crippen LogP contribution >= 0.6 is 23.4 Å². The van der Waals surface area contributed by atoms with Crippen LogP contribution in [0.15, 0.2) is 35.7 Å². The van der Waals surface area contributed by atoms with Crippen LogP contribution in [0.5, 0.6) is 0 Å². The SMILES string of the molecule is C=CC(C)Sc1ccc(N)c(Cl)c1. The maximum Gasteiger partial charge on any atom is 0.0646 e. The fourth-order valence-corrected chi connectivity index (χ4v) is 1.95. The van der Waals surface area contributed by atoms with Gasteiger partial charge in [0.25, 0.3) is 0 Å². The van der Waals surface area contributed by atoms with Gasteiger partial charge in [-0.25, -0.2) is 0 Å². The van der Waals surface area contributed by atoms with Gasteiger partial charge in [-0.05, 0) is 25.1 Å². The Balaban J connectivity index is 2.79. The Labute approximate surface area is 88.0 Å². The molecule has 0 fully saturated rings. The van der Waals surface area contributed by atoms with Gasteiger partial charge in [0.2, 0.25) is 0 Å². The lowest BCUT2D eigenvalue weighted by atomic mass is 10.3. The Morgan fingerprint density at radius 1 is 1.62 bits per heavy atom. The van der Waals surface area contributed by atoms with Crippen molar-refractivity contribution < 1.29 is 0 Å². The fourth-order valence-electron chi connectivity index (χ4n) is 0.844. The highest BCUT2D eigenvalue weighted by Crippen LogP contribution is 2.29. The smallest absolute Gasteiger partial charge is 0.0646 e. The van der Waals surface area contributed by atoms with Crippen molar-refractivity contribution in [2.45, 2.75) is 17.1 Å².